The van der Waals surface area contributed by atoms with E-state index in [1.165, 1.54) is 0 Å². The number of nitrogens with zero attached hydrogens (tertiary/aromatic N) is 5. The van der Waals surface area contributed by atoms with Gasteiger partial charge in [0.15, 0.2) is 4.77 Å². The van der Waals surface area contributed by atoms with E-state index < -0.39 is 0 Å². The van der Waals surface area contributed by atoms with Crippen LogP contribution in [0.4, 0.5) is 0 Å². The molecule has 0 bridgehead atoms. The van der Waals surface area contributed by atoms with Gasteiger partial charge < -0.3 is 9.30 Å². The van der Waals surface area contributed by atoms with Crippen molar-refractivity contribution in [2.24, 2.45) is 0 Å². The number of halogens is 1. The number of rotatable bonds is 6. The number of benzene rings is 1. The van der Waals surface area contributed by atoms with Crippen molar-refractivity contribution in [3.63, 3.8) is 0 Å². The molecule has 1 fully saturated rings. The number of pyridine rings is 1. The van der Waals surface area contributed by atoms with E-state index in [1.807, 2.05) is 64.2 Å². The van der Waals surface area contributed by atoms with Gasteiger partial charge in [0, 0.05) is 43.0 Å². The number of aryl methyl sites for hydroxylation is 2. The maximum atomic E-state index is 5.99. The van der Waals surface area contributed by atoms with Crippen LogP contribution in [0, 0.1) is 4.77 Å². The van der Waals surface area contributed by atoms with Crippen LogP contribution >= 0.6 is 23.8 Å². The van der Waals surface area contributed by atoms with E-state index in [4.69, 9.17) is 28.6 Å². The van der Waals surface area contributed by atoms with Crippen molar-refractivity contribution >= 4 is 23.8 Å². The molecule has 2 aromatic heterocycles. The Morgan fingerprint density at radius 2 is 2.04 bits per heavy atom. The van der Waals surface area contributed by atoms with Gasteiger partial charge in [-0.2, -0.15) is 5.10 Å². The first-order valence-corrected chi connectivity index (χ1v) is 10.1. The molecule has 0 radical (unpaired) electrons. The zero-order chi connectivity index (χ0) is 19.3. The molecule has 1 atom stereocenters. The van der Waals surface area contributed by atoms with Crippen molar-refractivity contribution in [2.75, 3.05) is 19.7 Å². The third kappa shape index (κ3) is 4.67. The van der Waals surface area contributed by atoms with Crippen LogP contribution in [0.3, 0.4) is 0 Å². The van der Waals surface area contributed by atoms with Crippen molar-refractivity contribution in [3.05, 3.63) is 76.0 Å². The van der Waals surface area contributed by atoms with Crippen LogP contribution in [0.1, 0.15) is 17.4 Å². The highest BCUT2D eigenvalue weighted by molar-refractivity contribution is 7.71. The monoisotopic (exact) mass is 415 g/mol. The highest BCUT2D eigenvalue weighted by Gasteiger charge is 2.22. The summed E-state index contributed by atoms with van der Waals surface area (Å²) >= 11 is 11.6. The number of hydrogen-bond donors (Lipinski definition) is 0. The second kappa shape index (κ2) is 8.96. The van der Waals surface area contributed by atoms with Crippen molar-refractivity contribution in [1.82, 2.24) is 24.2 Å². The Morgan fingerprint density at radius 3 is 2.82 bits per heavy atom. The minimum Gasteiger partial charge on any atom is -0.371 e. The lowest BCUT2D eigenvalue weighted by Crippen LogP contribution is -2.39. The van der Waals surface area contributed by atoms with Gasteiger partial charge >= 0.3 is 0 Å². The maximum absolute atomic E-state index is 5.99. The zero-order valence-corrected chi connectivity index (χ0v) is 17.0. The molecule has 0 aliphatic carbocycles. The molecule has 1 unspecified atom stereocenters. The van der Waals surface area contributed by atoms with E-state index in [0.717, 1.165) is 47.1 Å². The second-order valence-electron chi connectivity index (χ2n) is 6.81. The largest absolute Gasteiger partial charge is 0.371 e. The zero-order valence-electron chi connectivity index (χ0n) is 15.4. The van der Waals surface area contributed by atoms with Crippen LogP contribution < -0.4 is 0 Å². The van der Waals surface area contributed by atoms with E-state index >= 15 is 0 Å². The fraction of sp³-hybridized carbons (Fsp3) is 0.350. The predicted molar refractivity (Wildman–Crippen MR) is 111 cm³/mol. The molecule has 28 heavy (non-hydrogen) atoms. The Labute approximate surface area is 174 Å². The molecule has 3 aromatic rings. The summed E-state index contributed by atoms with van der Waals surface area (Å²) in [5.74, 6) is 0. The molecule has 6 nitrogen and oxygen atoms in total. The minimum atomic E-state index is 0.0337. The number of hydrogen-bond acceptors (Lipinski definition) is 5. The summed E-state index contributed by atoms with van der Waals surface area (Å²) in [6, 6.07) is 13.8. The van der Waals surface area contributed by atoms with E-state index in [0.29, 0.717) is 13.3 Å². The minimum absolute atomic E-state index is 0.0337. The molecule has 0 spiro atoms. The molecule has 0 saturated carbocycles. The van der Waals surface area contributed by atoms with Crippen molar-refractivity contribution < 1.29 is 4.74 Å². The molecule has 1 aliphatic heterocycles. The summed E-state index contributed by atoms with van der Waals surface area (Å²) in [6.07, 6.45) is 4.49. The lowest BCUT2D eigenvalue weighted by molar-refractivity contribution is -0.0419. The van der Waals surface area contributed by atoms with Crippen molar-refractivity contribution in [1.29, 1.82) is 0 Å². The fourth-order valence-corrected chi connectivity index (χ4v) is 3.67. The number of aromatic nitrogens is 4. The van der Waals surface area contributed by atoms with Crippen LogP contribution in [0.15, 0.2) is 55.0 Å². The van der Waals surface area contributed by atoms with Crippen LogP contribution in [-0.2, 0) is 24.4 Å². The average molecular weight is 416 g/mol. The molecule has 3 heterocycles. The normalized spacial score (nSPS) is 17.7. The van der Waals surface area contributed by atoms with Crippen molar-refractivity contribution in [2.45, 2.75) is 25.7 Å². The smallest absolute Gasteiger partial charge is 0.198 e. The first-order valence-electron chi connectivity index (χ1n) is 9.30. The summed E-state index contributed by atoms with van der Waals surface area (Å²) < 4.78 is 10.5. The van der Waals surface area contributed by atoms with Gasteiger partial charge in [-0.25, -0.2) is 4.68 Å². The molecule has 1 saturated heterocycles. The summed E-state index contributed by atoms with van der Waals surface area (Å²) in [4.78, 5) is 6.68. The Kier molecular flexibility index (Phi) is 6.17. The Balaban J connectivity index is 1.38. The topological polar surface area (TPSA) is 48.1 Å². The highest BCUT2D eigenvalue weighted by Crippen LogP contribution is 2.24. The average Bonchev–Trinajstić information content (AvgIpc) is 3.07. The molecular weight excluding hydrogens is 394 g/mol. The standard InChI is InChI=1S/C20H22ClN5OS/c21-17-6-4-16(5-7-17)19-13-24(11-12-27-19)15-26-20(28)25(14-23-26)10-8-18-3-1-2-9-22-18/h1-7,9,14,19H,8,10-13,15H2. The third-order valence-corrected chi connectivity index (χ3v) is 5.56. The molecule has 1 aromatic carbocycles. The van der Waals surface area contributed by atoms with Gasteiger partial charge in [0.2, 0.25) is 0 Å². The lowest BCUT2D eigenvalue weighted by Gasteiger charge is -2.32. The summed E-state index contributed by atoms with van der Waals surface area (Å²) in [6.45, 7) is 3.76. The van der Waals surface area contributed by atoms with Gasteiger partial charge in [-0.05, 0) is 42.0 Å². The van der Waals surface area contributed by atoms with E-state index in [1.54, 1.807) is 0 Å². The quantitative estimate of drug-likeness (QED) is 0.574. The van der Waals surface area contributed by atoms with Crippen LogP contribution in [0.2, 0.25) is 5.02 Å². The Morgan fingerprint density at radius 1 is 1.18 bits per heavy atom. The molecule has 0 N–H and O–H groups in total. The van der Waals surface area contributed by atoms with Gasteiger partial charge in [-0.3, -0.25) is 9.88 Å². The first kappa shape index (κ1) is 19.3. The molecular formula is C20H22ClN5OS. The molecule has 0 amide bonds. The predicted octanol–water partition coefficient (Wildman–Crippen LogP) is 3.74. The number of morpholine rings is 1. The summed E-state index contributed by atoms with van der Waals surface area (Å²) in [5.41, 5.74) is 2.19. The highest BCUT2D eigenvalue weighted by atomic mass is 35.5. The van der Waals surface area contributed by atoms with Gasteiger partial charge in [0.1, 0.15) is 6.33 Å². The number of ether oxygens (including phenoxy) is 1. The van der Waals surface area contributed by atoms with Crippen molar-refractivity contribution in [3.8, 4) is 0 Å². The van der Waals surface area contributed by atoms with E-state index in [2.05, 4.69) is 15.0 Å². The Bertz CT molecular complexity index is 957. The van der Waals surface area contributed by atoms with E-state index in [9.17, 15) is 0 Å². The summed E-state index contributed by atoms with van der Waals surface area (Å²) in [5, 5.41) is 5.22. The van der Waals surface area contributed by atoms with Crippen LogP contribution in [-0.4, -0.2) is 43.9 Å². The maximum Gasteiger partial charge on any atom is 0.198 e. The third-order valence-electron chi connectivity index (χ3n) is 4.86. The molecule has 146 valence electrons. The fourth-order valence-electron chi connectivity index (χ4n) is 3.30. The molecule has 8 heteroatoms. The van der Waals surface area contributed by atoms with E-state index in [-0.39, 0.29) is 6.10 Å². The molecule has 4 rings (SSSR count). The lowest BCUT2D eigenvalue weighted by atomic mass is 10.1. The second-order valence-corrected chi connectivity index (χ2v) is 7.61. The first-order chi connectivity index (χ1) is 13.7. The van der Waals surface area contributed by atoms with Crippen LogP contribution in [0.25, 0.3) is 0 Å². The van der Waals surface area contributed by atoms with Gasteiger partial charge in [0.25, 0.3) is 0 Å². The molecule has 1 aliphatic rings. The Hall–Kier alpha value is -2.06. The van der Waals surface area contributed by atoms with Gasteiger partial charge in [-0.15, -0.1) is 0 Å². The summed E-state index contributed by atoms with van der Waals surface area (Å²) in [7, 11) is 0. The van der Waals surface area contributed by atoms with Gasteiger partial charge in [0.05, 0.1) is 19.4 Å². The SMILES string of the molecule is S=c1n(CCc2ccccn2)cnn1CN1CCOC(c2ccc(Cl)cc2)C1. The van der Waals surface area contributed by atoms with Gasteiger partial charge in [-0.1, -0.05) is 29.8 Å². The van der Waals surface area contributed by atoms with Crippen LogP contribution in [0.5, 0.6) is 0 Å².